The van der Waals surface area contributed by atoms with E-state index in [1.807, 2.05) is 0 Å². The molecule has 1 aromatic carbocycles. The van der Waals surface area contributed by atoms with Gasteiger partial charge in [-0.3, -0.25) is 0 Å². The highest BCUT2D eigenvalue weighted by Gasteiger charge is 2.28. The van der Waals surface area contributed by atoms with Gasteiger partial charge in [0, 0.05) is 22.6 Å². The molecule has 2 nitrogen and oxygen atoms in total. The quantitative estimate of drug-likeness (QED) is 0.839. The summed E-state index contributed by atoms with van der Waals surface area (Å²) >= 11 is 3.07. The first-order valence-electron chi connectivity index (χ1n) is 4.78. The smallest absolute Gasteiger partial charge is 0.329 e. The third-order valence-electron chi connectivity index (χ3n) is 2.12. The molecule has 1 rings (SSSR count). The topological polar surface area (TPSA) is 38.0 Å². The van der Waals surface area contributed by atoms with E-state index in [9.17, 15) is 17.6 Å². The second kappa shape index (κ2) is 5.79. The number of halogens is 5. The molecule has 96 valence electrons. The molecule has 0 fully saturated rings. The summed E-state index contributed by atoms with van der Waals surface area (Å²) in [5, 5.41) is 2.18. The van der Waals surface area contributed by atoms with Crippen LogP contribution in [-0.2, 0) is 0 Å². The molecule has 0 spiro atoms. The molecule has 0 heterocycles. The van der Waals surface area contributed by atoms with Crippen LogP contribution in [0.3, 0.4) is 0 Å². The molecule has 0 bridgehead atoms. The summed E-state index contributed by atoms with van der Waals surface area (Å²) in [7, 11) is 0. The molecule has 0 saturated carbocycles. The van der Waals surface area contributed by atoms with Gasteiger partial charge < -0.3 is 11.1 Å². The monoisotopic (exact) mass is 314 g/mol. The van der Waals surface area contributed by atoms with E-state index in [0.717, 1.165) is 0 Å². The van der Waals surface area contributed by atoms with E-state index >= 15 is 0 Å². The summed E-state index contributed by atoms with van der Waals surface area (Å²) in [6, 6.07) is 3.29. The van der Waals surface area contributed by atoms with Gasteiger partial charge in [-0.15, -0.1) is 0 Å². The van der Waals surface area contributed by atoms with Crippen molar-refractivity contribution in [2.45, 2.75) is 12.2 Å². The number of hydrogen-bond donors (Lipinski definition) is 2. The Bertz CT molecular complexity index is 381. The van der Waals surface area contributed by atoms with Crippen molar-refractivity contribution >= 4 is 15.9 Å². The van der Waals surface area contributed by atoms with Gasteiger partial charge in [-0.1, -0.05) is 22.0 Å². The van der Waals surface area contributed by atoms with E-state index in [1.165, 1.54) is 12.1 Å². The molecule has 0 amide bonds. The Morgan fingerprint density at radius 1 is 1.35 bits per heavy atom. The molecule has 1 unspecified atom stereocenters. The van der Waals surface area contributed by atoms with Crippen molar-refractivity contribution in [3.8, 4) is 0 Å². The lowest BCUT2D eigenvalue weighted by Crippen LogP contribution is -2.36. The summed E-state index contributed by atoms with van der Waals surface area (Å²) in [6.07, 6.45) is -4.35. The molecular weight excluding hydrogens is 304 g/mol. The van der Waals surface area contributed by atoms with E-state index in [0.29, 0.717) is 4.47 Å². The summed E-state index contributed by atoms with van der Waals surface area (Å²) in [6.45, 7) is -1.32. The Morgan fingerprint density at radius 2 is 2.00 bits per heavy atom. The molecule has 1 atom stereocenters. The Balaban J connectivity index is 2.79. The highest BCUT2D eigenvalue weighted by atomic mass is 79.9. The number of benzene rings is 1. The van der Waals surface area contributed by atoms with Gasteiger partial charge in [-0.25, -0.2) is 4.39 Å². The maximum atomic E-state index is 13.5. The minimum absolute atomic E-state index is 0.116. The zero-order chi connectivity index (χ0) is 13.1. The first kappa shape index (κ1) is 14.4. The van der Waals surface area contributed by atoms with Gasteiger partial charge in [-0.2, -0.15) is 13.2 Å². The minimum Gasteiger partial charge on any atom is -0.329 e. The second-order valence-electron chi connectivity index (χ2n) is 3.45. The van der Waals surface area contributed by atoms with Gasteiger partial charge in [0.15, 0.2) is 0 Å². The summed E-state index contributed by atoms with van der Waals surface area (Å²) < 4.78 is 50.1. The zero-order valence-electron chi connectivity index (χ0n) is 8.69. The summed E-state index contributed by atoms with van der Waals surface area (Å²) in [5.41, 5.74) is 5.46. The fraction of sp³-hybridized carbons (Fsp3) is 0.400. The fourth-order valence-corrected chi connectivity index (χ4v) is 1.68. The van der Waals surface area contributed by atoms with Crippen LogP contribution in [0.25, 0.3) is 0 Å². The average Bonchev–Trinajstić information content (AvgIpc) is 2.19. The zero-order valence-corrected chi connectivity index (χ0v) is 10.3. The van der Waals surface area contributed by atoms with Crippen molar-refractivity contribution in [1.29, 1.82) is 0 Å². The number of nitrogens with two attached hydrogens (primary N) is 1. The Hall–Kier alpha value is -0.660. The van der Waals surface area contributed by atoms with Crippen molar-refractivity contribution in [2.24, 2.45) is 5.73 Å². The van der Waals surface area contributed by atoms with Crippen LogP contribution in [-0.4, -0.2) is 19.3 Å². The van der Waals surface area contributed by atoms with Crippen LogP contribution in [0.1, 0.15) is 11.6 Å². The van der Waals surface area contributed by atoms with E-state index in [4.69, 9.17) is 5.73 Å². The lowest BCUT2D eigenvalue weighted by molar-refractivity contribution is -0.126. The van der Waals surface area contributed by atoms with Crippen LogP contribution < -0.4 is 11.1 Å². The van der Waals surface area contributed by atoms with Crippen LogP contribution in [0.5, 0.6) is 0 Å². The molecule has 1 aromatic rings. The first-order valence-corrected chi connectivity index (χ1v) is 5.58. The van der Waals surface area contributed by atoms with Crippen LogP contribution >= 0.6 is 15.9 Å². The molecule has 0 saturated heterocycles. The molecule has 0 aliphatic rings. The Morgan fingerprint density at radius 3 is 2.47 bits per heavy atom. The lowest BCUT2D eigenvalue weighted by Gasteiger charge is -2.19. The maximum Gasteiger partial charge on any atom is 0.401 e. The second-order valence-corrected chi connectivity index (χ2v) is 4.37. The lowest BCUT2D eigenvalue weighted by atomic mass is 10.1. The van der Waals surface area contributed by atoms with Crippen molar-refractivity contribution in [3.05, 3.63) is 34.1 Å². The fourth-order valence-electron chi connectivity index (χ4n) is 1.34. The van der Waals surface area contributed by atoms with Gasteiger partial charge in [-0.05, 0) is 12.1 Å². The highest BCUT2D eigenvalue weighted by Crippen LogP contribution is 2.22. The molecular formula is C10H11BrF4N2. The standard InChI is InChI=1S/C10H11BrF4N2/c11-6-1-2-7(8(12)3-6)9(4-16)17-5-10(13,14)15/h1-3,9,17H,4-5,16H2. The molecule has 0 aliphatic heterocycles. The van der Waals surface area contributed by atoms with Crippen LogP contribution in [0.15, 0.2) is 22.7 Å². The van der Waals surface area contributed by atoms with E-state index in [2.05, 4.69) is 21.2 Å². The van der Waals surface area contributed by atoms with Crippen molar-refractivity contribution in [2.75, 3.05) is 13.1 Å². The largest absolute Gasteiger partial charge is 0.401 e. The Kier molecular flexibility index (Phi) is 4.91. The Labute approximate surface area is 104 Å². The van der Waals surface area contributed by atoms with Crippen LogP contribution in [0, 0.1) is 5.82 Å². The van der Waals surface area contributed by atoms with Gasteiger partial charge in [0.05, 0.1) is 6.54 Å². The molecule has 17 heavy (non-hydrogen) atoms. The van der Waals surface area contributed by atoms with Crippen LogP contribution in [0.4, 0.5) is 17.6 Å². The van der Waals surface area contributed by atoms with Crippen molar-refractivity contribution in [1.82, 2.24) is 5.32 Å². The predicted molar refractivity (Wildman–Crippen MR) is 60.0 cm³/mol. The van der Waals surface area contributed by atoms with Gasteiger partial charge >= 0.3 is 6.18 Å². The van der Waals surface area contributed by atoms with Crippen LogP contribution in [0.2, 0.25) is 0 Å². The highest BCUT2D eigenvalue weighted by molar-refractivity contribution is 9.10. The van der Waals surface area contributed by atoms with Crippen molar-refractivity contribution < 1.29 is 17.6 Å². The van der Waals surface area contributed by atoms with Crippen molar-refractivity contribution in [3.63, 3.8) is 0 Å². The van der Waals surface area contributed by atoms with E-state index in [1.54, 1.807) is 6.07 Å². The summed E-state index contributed by atoms with van der Waals surface area (Å²) in [5.74, 6) is -0.593. The predicted octanol–water partition coefficient (Wildman–Crippen LogP) is 2.74. The molecule has 0 aliphatic carbocycles. The number of nitrogens with one attached hydrogen (secondary N) is 1. The maximum absolute atomic E-state index is 13.5. The number of rotatable bonds is 4. The molecule has 0 radical (unpaired) electrons. The summed E-state index contributed by atoms with van der Waals surface area (Å²) in [4.78, 5) is 0. The molecule has 7 heteroatoms. The van der Waals surface area contributed by atoms with Gasteiger partial charge in [0.2, 0.25) is 0 Å². The third kappa shape index (κ3) is 4.61. The third-order valence-corrected chi connectivity index (χ3v) is 2.62. The normalized spacial score (nSPS) is 13.8. The first-order chi connectivity index (χ1) is 7.83. The average molecular weight is 315 g/mol. The SMILES string of the molecule is NCC(NCC(F)(F)F)c1ccc(Br)cc1F. The molecule has 0 aromatic heterocycles. The van der Waals surface area contributed by atoms with E-state index in [-0.39, 0.29) is 12.1 Å². The number of alkyl halides is 3. The van der Waals surface area contributed by atoms with Gasteiger partial charge in [0.1, 0.15) is 5.82 Å². The van der Waals surface area contributed by atoms with Gasteiger partial charge in [0.25, 0.3) is 0 Å². The number of hydrogen-bond acceptors (Lipinski definition) is 2. The minimum atomic E-state index is -4.35. The molecule has 3 N–H and O–H groups in total. The van der Waals surface area contributed by atoms with E-state index < -0.39 is 24.6 Å².